The Balaban J connectivity index is 3.21. The quantitative estimate of drug-likeness (QED) is 0.542. The molecule has 0 aliphatic carbocycles. The van der Waals surface area contributed by atoms with Gasteiger partial charge in [-0.1, -0.05) is 5.46 Å². The third kappa shape index (κ3) is 1.50. The molecular formula is C7H5BF2O. The predicted octanol–water partition coefficient (Wildman–Crippen LogP) is 0.767. The summed E-state index contributed by atoms with van der Waals surface area (Å²) < 4.78 is 29.6. The summed E-state index contributed by atoms with van der Waals surface area (Å²) in [6.45, 7) is 0. The van der Waals surface area contributed by atoms with Crippen molar-refractivity contribution in [2.45, 2.75) is 0 Å². The number of hydrogen-bond donors (Lipinski definition) is 0. The predicted molar refractivity (Wildman–Crippen MR) is 38.3 cm³/mol. The first kappa shape index (κ1) is 8.05. The molecule has 0 N–H and O–H groups in total. The van der Waals surface area contributed by atoms with E-state index < -0.39 is 11.6 Å². The Morgan fingerprint density at radius 3 is 2.45 bits per heavy atom. The number of hydrogen-bond acceptors (Lipinski definition) is 1. The standard InChI is InChI=1S/C7H5BF2O/c1-11-4-2-5(8)7(10)6(9)3-4/h2-3H,1H3. The smallest absolute Gasteiger partial charge is 0.161 e. The van der Waals surface area contributed by atoms with E-state index in [-0.39, 0.29) is 11.2 Å². The molecule has 0 fully saturated rings. The number of rotatable bonds is 1. The molecule has 1 rings (SSSR count). The Kier molecular flexibility index (Phi) is 2.12. The summed E-state index contributed by atoms with van der Waals surface area (Å²) in [7, 11) is 6.46. The normalized spacial score (nSPS) is 9.73. The van der Waals surface area contributed by atoms with E-state index >= 15 is 0 Å². The minimum absolute atomic E-state index is 0.210. The average Bonchev–Trinajstić information content (AvgIpc) is 1.99. The van der Waals surface area contributed by atoms with Crippen molar-refractivity contribution in [2.24, 2.45) is 0 Å². The van der Waals surface area contributed by atoms with E-state index in [1.807, 2.05) is 0 Å². The molecule has 1 aromatic rings. The number of methoxy groups -OCH3 is 1. The second kappa shape index (κ2) is 2.90. The molecule has 1 aromatic carbocycles. The summed E-state index contributed by atoms with van der Waals surface area (Å²) in [4.78, 5) is 0. The van der Waals surface area contributed by atoms with Gasteiger partial charge in [0.1, 0.15) is 13.6 Å². The Hall–Kier alpha value is -1.06. The van der Waals surface area contributed by atoms with Crippen LogP contribution in [0.25, 0.3) is 0 Å². The van der Waals surface area contributed by atoms with Crippen molar-refractivity contribution in [1.29, 1.82) is 0 Å². The van der Waals surface area contributed by atoms with Crippen molar-refractivity contribution in [3.05, 3.63) is 23.8 Å². The summed E-state index contributed by atoms with van der Waals surface area (Å²) in [5.74, 6) is -1.82. The molecule has 0 aliphatic rings. The lowest BCUT2D eigenvalue weighted by Gasteiger charge is -2.02. The highest BCUT2D eigenvalue weighted by Crippen LogP contribution is 2.12. The monoisotopic (exact) mass is 154 g/mol. The summed E-state index contributed by atoms with van der Waals surface area (Å²) in [5.41, 5.74) is -0.248. The van der Waals surface area contributed by atoms with Gasteiger partial charge in [0.05, 0.1) is 7.11 Å². The van der Waals surface area contributed by atoms with Gasteiger partial charge in [-0.15, -0.1) is 0 Å². The van der Waals surface area contributed by atoms with Crippen LogP contribution < -0.4 is 10.2 Å². The van der Waals surface area contributed by atoms with E-state index in [1.54, 1.807) is 0 Å². The SMILES string of the molecule is [B]c1cc(OC)cc(F)c1F. The highest BCUT2D eigenvalue weighted by Gasteiger charge is 2.06. The van der Waals surface area contributed by atoms with Crippen molar-refractivity contribution < 1.29 is 13.5 Å². The Morgan fingerprint density at radius 1 is 1.36 bits per heavy atom. The fourth-order valence-electron chi connectivity index (χ4n) is 0.702. The van der Waals surface area contributed by atoms with Gasteiger partial charge in [0.2, 0.25) is 0 Å². The Bertz CT molecular complexity index is 252. The van der Waals surface area contributed by atoms with Crippen molar-refractivity contribution in [1.82, 2.24) is 0 Å². The van der Waals surface area contributed by atoms with Gasteiger partial charge in [-0.2, -0.15) is 0 Å². The number of benzene rings is 1. The molecule has 0 bridgehead atoms. The van der Waals surface area contributed by atoms with Crippen molar-refractivity contribution in [3.63, 3.8) is 0 Å². The molecule has 0 saturated carbocycles. The van der Waals surface area contributed by atoms with E-state index in [0.717, 1.165) is 6.07 Å². The van der Waals surface area contributed by atoms with E-state index in [0.29, 0.717) is 0 Å². The fraction of sp³-hybridized carbons (Fsp3) is 0.143. The first-order chi connectivity index (χ1) is 5.15. The molecule has 4 heteroatoms. The van der Waals surface area contributed by atoms with E-state index in [4.69, 9.17) is 7.85 Å². The van der Waals surface area contributed by atoms with Crippen LogP contribution in [0, 0.1) is 11.6 Å². The van der Waals surface area contributed by atoms with Crippen LogP contribution in [0.5, 0.6) is 5.75 Å². The van der Waals surface area contributed by atoms with Crippen molar-refractivity contribution in [2.75, 3.05) is 7.11 Å². The largest absolute Gasteiger partial charge is 0.497 e. The van der Waals surface area contributed by atoms with Crippen molar-refractivity contribution >= 4 is 13.3 Å². The third-order valence-electron chi connectivity index (χ3n) is 1.27. The van der Waals surface area contributed by atoms with Crippen LogP contribution in [0.2, 0.25) is 0 Å². The first-order valence-corrected chi connectivity index (χ1v) is 2.93. The molecule has 0 aromatic heterocycles. The lowest BCUT2D eigenvalue weighted by Crippen LogP contribution is -2.10. The highest BCUT2D eigenvalue weighted by atomic mass is 19.2. The minimum Gasteiger partial charge on any atom is -0.497 e. The molecule has 2 radical (unpaired) electrons. The second-order valence-corrected chi connectivity index (χ2v) is 2.01. The van der Waals surface area contributed by atoms with Gasteiger partial charge in [0.25, 0.3) is 0 Å². The molecule has 11 heavy (non-hydrogen) atoms. The molecule has 0 saturated heterocycles. The zero-order valence-corrected chi connectivity index (χ0v) is 5.90. The van der Waals surface area contributed by atoms with Crippen LogP contribution in [0.4, 0.5) is 8.78 Å². The summed E-state index contributed by atoms with van der Waals surface area (Å²) >= 11 is 0. The van der Waals surface area contributed by atoms with Crippen LogP contribution in [0.3, 0.4) is 0 Å². The minimum atomic E-state index is -1.04. The molecule has 0 unspecified atom stereocenters. The molecule has 0 spiro atoms. The molecule has 0 amide bonds. The van der Waals surface area contributed by atoms with Gasteiger partial charge >= 0.3 is 0 Å². The Morgan fingerprint density at radius 2 is 2.00 bits per heavy atom. The molecule has 0 aliphatic heterocycles. The van der Waals surface area contributed by atoms with Crippen LogP contribution in [0.15, 0.2) is 12.1 Å². The van der Waals surface area contributed by atoms with E-state index in [9.17, 15) is 8.78 Å². The van der Waals surface area contributed by atoms with Crippen LogP contribution in [0.1, 0.15) is 0 Å². The molecule has 0 atom stereocenters. The van der Waals surface area contributed by atoms with Gasteiger partial charge in [0, 0.05) is 6.07 Å². The molecule has 1 nitrogen and oxygen atoms in total. The highest BCUT2D eigenvalue weighted by molar-refractivity contribution is 6.32. The molecular weight excluding hydrogens is 149 g/mol. The lowest BCUT2D eigenvalue weighted by atomic mass is 9.95. The van der Waals surface area contributed by atoms with Crippen molar-refractivity contribution in [3.8, 4) is 5.75 Å². The average molecular weight is 154 g/mol. The fourth-order valence-corrected chi connectivity index (χ4v) is 0.702. The van der Waals surface area contributed by atoms with Crippen LogP contribution >= 0.6 is 0 Å². The zero-order valence-electron chi connectivity index (χ0n) is 5.90. The van der Waals surface area contributed by atoms with Gasteiger partial charge in [-0.3, -0.25) is 0 Å². The van der Waals surface area contributed by atoms with Crippen LogP contribution in [-0.4, -0.2) is 15.0 Å². The van der Waals surface area contributed by atoms with Gasteiger partial charge in [-0.05, 0) is 6.07 Å². The van der Waals surface area contributed by atoms with Gasteiger partial charge in [0.15, 0.2) is 11.6 Å². The van der Waals surface area contributed by atoms with Crippen LogP contribution in [-0.2, 0) is 0 Å². The van der Waals surface area contributed by atoms with Gasteiger partial charge < -0.3 is 4.74 Å². The first-order valence-electron chi connectivity index (χ1n) is 2.93. The maximum Gasteiger partial charge on any atom is 0.161 e. The number of halogens is 2. The summed E-state index contributed by atoms with van der Waals surface area (Å²) in [5, 5.41) is 0. The third-order valence-corrected chi connectivity index (χ3v) is 1.27. The lowest BCUT2D eigenvalue weighted by molar-refractivity contribution is 0.407. The van der Waals surface area contributed by atoms with Gasteiger partial charge in [-0.25, -0.2) is 8.78 Å². The topological polar surface area (TPSA) is 9.23 Å². The number of ether oxygens (including phenoxy) is 1. The second-order valence-electron chi connectivity index (χ2n) is 2.01. The summed E-state index contributed by atoms with van der Waals surface area (Å²) in [6.07, 6.45) is 0. The summed E-state index contributed by atoms with van der Waals surface area (Å²) in [6, 6.07) is 2.16. The molecule has 0 heterocycles. The maximum atomic E-state index is 12.5. The van der Waals surface area contributed by atoms with E-state index in [2.05, 4.69) is 4.74 Å². The zero-order chi connectivity index (χ0) is 8.43. The maximum absolute atomic E-state index is 12.5. The molecule has 56 valence electrons. The van der Waals surface area contributed by atoms with E-state index in [1.165, 1.54) is 13.2 Å². The Labute approximate surface area is 64.4 Å².